The molecule has 0 spiro atoms. The molecule has 5 heteroatoms. The van der Waals surface area contributed by atoms with Crippen LogP contribution in [0.5, 0.6) is 0 Å². The number of aryl methyl sites for hydroxylation is 1. The third kappa shape index (κ3) is 3.27. The van der Waals surface area contributed by atoms with E-state index in [2.05, 4.69) is 11.9 Å². The fraction of sp³-hybridized carbons (Fsp3) is 0.600. The molecule has 0 radical (unpaired) electrons. The zero-order chi connectivity index (χ0) is 11.3. The molecule has 84 valence electrons. The quantitative estimate of drug-likeness (QED) is 0.768. The Morgan fingerprint density at radius 1 is 1.67 bits per heavy atom. The van der Waals surface area contributed by atoms with E-state index in [1.54, 1.807) is 6.20 Å². The molecular formula is C10H17N3O2. The fourth-order valence-corrected chi connectivity index (χ4v) is 1.45. The molecule has 0 saturated heterocycles. The third-order valence-corrected chi connectivity index (χ3v) is 2.26. The number of rotatable bonds is 6. The first kappa shape index (κ1) is 11.6. The monoisotopic (exact) mass is 211 g/mol. The van der Waals surface area contributed by atoms with Gasteiger partial charge in [0, 0.05) is 39.0 Å². The van der Waals surface area contributed by atoms with Crippen LogP contribution in [0.3, 0.4) is 0 Å². The third-order valence-electron chi connectivity index (χ3n) is 2.26. The molecule has 15 heavy (non-hydrogen) atoms. The van der Waals surface area contributed by atoms with Crippen molar-refractivity contribution in [3.8, 4) is 0 Å². The van der Waals surface area contributed by atoms with Gasteiger partial charge in [0.1, 0.15) is 0 Å². The van der Waals surface area contributed by atoms with Gasteiger partial charge in [-0.15, -0.1) is 0 Å². The predicted octanol–water partition coefficient (Wildman–Crippen LogP) is 1.20. The molecule has 0 aliphatic rings. The lowest BCUT2D eigenvalue weighted by atomic mass is 10.3. The number of carboxylic acids is 1. The van der Waals surface area contributed by atoms with Gasteiger partial charge in [-0.2, -0.15) is 0 Å². The average Bonchev–Trinajstić information content (AvgIpc) is 2.64. The van der Waals surface area contributed by atoms with Crippen LogP contribution in [-0.4, -0.2) is 34.2 Å². The first-order valence-electron chi connectivity index (χ1n) is 5.09. The molecule has 1 heterocycles. The molecule has 1 N–H and O–H groups in total. The minimum Gasteiger partial charge on any atom is -0.481 e. The number of anilines is 1. The van der Waals surface area contributed by atoms with Gasteiger partial charge in [0.05, 0.1) is 0 Å². The molecular weight excluding hydrogens is 194 g/mol. The van der Waals surface area contributed by atoms with Crippen molar-refractivity contribution in [3.63, 3.8) is 0 Å². The van der Waals surface area contributed by atoms with Crippen LogP contribution in [0.1, 0.15) is 19.8 Å². The van der Waals surface area contributed by atoms with Crippen molar-refractivity contribution in [3.05, 3.63) is 12.4 Å². The van der Waals surface area contributed by atoms with E-state index in [-0.39, 0.29) is 6.42 Å². The molecule has 0 aliphatic carbocycles. The Labute approximate surface area is 89.3 Å². The highest BCUT2D eigenvalue weighted by molar-refractivity contribution is 5.66. The summed E-state index contributed by atoms with van der Waals surface area (Å²) in [5.41, 5.74) is 0. The molecule has 0 fully saturated rings. The highest BCUT2D eigenvalue weighted by atomic mass is 16.4. The van der Waals surface area contributed by atoms with Crippen LogP contribution in [0.15, 0.2) is 12.4 Å². The largest absolute Gasteiger partial charge is 0.481 e. The van der Waals surface area contributed by atoms with E-state index >= 15 is 0 Å². The Morgan fingerprint density at radius 2 is 2.40 bits per heavy atom. The Balaban J connectivity index is 2.46. The van der Waals surface area contributed by atoms with Gasteiger partial charge in [-0.3, -0.25) is 4.79 Å². The molecule has 0 saturated carbocycles. The maximum Gasteiger partial charge on any atom is 0.303 e. The molecule has 1 rings (SSSR count). The van der Waals surface area contributed by atoms with Crippen molar-refractivity contribution in [2.24, 2.45) is 0 Å². The summed E-state index contributed by atoms with van der Waals surface area (Å²) in [7, 11) is 1.93. The Hall–Kier alpha value is -1.52. The fourth-order valence-electron chi connectivity index (χ4n) is 1.45. The highest BCUT2D eigenvalue weighted by Crippen LogP contribution is 2.10. The number of carbonyl (C=O) groups is 1. The van der Waals surface area contributed by atoms with Gasteiger partial charge >= 0.3 is 5.97 Å². The lowest BCUT2D eigenvalue weighted by molar-refractivity contribution is -0.137. The molecule has 1 aromatic heterocycles. The number of nitrogens with zero attached hydrogens (tertiary/aromatic N) is 3. The van der Waals surface area contributed by atoms with Crippen molar-refractivity contribution in [1.29, 1.82) is 0 Å². The van der Waals surface area contributed by atoms with Gasteiger partial charge in [0.25, 0.3) is 0 Å². The number of carboxylic acid groups (broad SMARTS) is 1. The van der Waals surface area contributed by atoms with Crippen LogP contribution in [0.2, 0.25) is 0 Å². The first-order valence-corrected chi connectivity index (χ1v) is 5.09. The van der Waals surface area contributed by atoms with Crippen LogP contribution in [-0.2, 0) is 11.3 Å². The lowest BCUT2D eigenvalue weighted by Crippen LogP contribution is -2.22. The molecule has 0 atom stereocenters. The van der Waals surface area contributed by atoms with E-state index in [4.69, 9.17) is 5.11 Å². The van der Waals surface area contributed by atoms with Crippen LogP contribution >= 0.6 is 0 Å². The number of aliphatic carboxylic acids is 1. The van der Waals surface area contributed by atoms with Gasteiger partial charge in [-0.25, -0.2) is 4.98 Å². The summed E-state index contributed by atoms with van der Waals surface area (Å²) in [5.74, 6) is 0.144. The zero-order valence-corrected chi connectivity index (χ0v) is 9.18. The molecule has 1 aromatic rings. The van der Waals surface area contributed by atoms with E-state index in [0.717, 1.165) is 12.5 Å². The molecule has 0 aliphatic heterocycles. The SMILES string of the molecule is CCn1ccnc1N(C)CCCC(=O)O. The van der Waals surface area contributed by atoms with E-state index in [9.17, 15) is 4.79 Å². The maximum absolute atomic E-state index is 10.4. The van der Waals surface area contributed by atoms with Crippen LogP contribution in [0.4, 0.5) is 5.95 Å². The lowest BCUT2D eigenvalue weighted by Gasteiger charge is -2.18. The van der Waals surface area contributed by atoms with Crippen LogP contribution < -0.4 is 4.90 Å². The minimum atomic E-state index is -0.748. The highest BCUT2D eigenvalue weighted by Gasteiger charge is 2.07. The number of hydrogen-bond donors (Lipinski definition) is 1. The standard InChI is InChI=1S/C10H17N3O2/c1-3-13-8-6-11-10(13)12(2)7-4-5-9(14)15/h6,8H,3-5,7H2,1-2H3,(H,14,15). The van der Waals surface area contributed by atoms with Crippen LogP contribution in [0, 0.1) is 0 Å². The molecule has 0 amide bonds. The van der Waals surface area contributed by atoms with E-state index in [1.165, 1.54) is 0 Å². The Kier molecular flexibility index (Phi) is 4.15. The van der Waals surface area contributed by atoms with Crippen molar-refractivity contribution < 1.29 is 9.90 Å². The second-order valence-electron chi connectivity index (χ2n) is 3.43. The number of imidazole rings is 1. The molecule has 5 nitrogen and oxygen atoms in total. The van der Waals surface area contributed by atoms with E-state index in [0.29, 0.717) is 13.0 Å². The molecule has 0 bridgehead atoms. The van der Waals surface area contributed by atoms with Gasteiger partial charge in [-0.1, -0.05) is 0 Å². The zero-order valence-electron chi connectivity index (χ0n) is 9.18. The van der Waals surface area contributed by atoms with Crippen molar-refractivity contribution in [2.45, 2.75) is 26.3 Å². The summed E-state index contributed by atoms with van der Waals surface area (Å²) in [6.07, 6.45) is 4.52. The number of hydrogen-bond acceptors (Lipinski definition) is 3. The summed E-state index contributed by atoms with van der Waals surface area (Å²) in [6.45, 7) is 3.64. The first-order chi connectivity index (χ1) is 7.15. The smallest absolute Gasteiger partial charge is 0.303 e. The molecule has 0 unspecified atom stereocenters. The van der Waals surface area contributed by atoms with E-state index in [1.807, 2.05) is 22.7 Å². The minimum absolute atomic E-state index is 0.206. The van der Waals surface area contributed by atoms with Gasteiger partial charge in [0.15, 0.2) is 0 Å². The van der Waals surface area contributed by atoms with Crippen LogP contribution in [0.25, 0.3) is 0 Å². The summed E-state index contributed by atoms with van der Waals surface area (Å²) < 4.78 is 2.03. The number of aromatic nitrogens is 2. The second kappa shape index (κ2) is 5.38. The second-order valence-corrected chi connectivity index (χ2v) is 3.43. The van der Waals surface area contributed by atoms with Crippen molar-refractivity contribution >= 4 is 11.9 Å². The Morgan fingerprint density at radius 3 is 3.00 bits per heavy atom. The normalized spacial score (nSPS) is 10.3. The summed E-state index contributed by atoms with van der Waals surface area (Å²) in [6, 6.07) is 0. The summed E-state index contributed by atoms with van der Waals surface area (Å²) in [4.78, 5) is 16.6. The van der Waals surface area contributed by atoms with Gasteiger partial charge in [-0.05, 0) is 13.3 Å². The van der Waals surface area contributed by atoms with Gasteiger partial charge < -0.3 is 14.6 Å². The maximum atomic E-state index is 10.4. The van der Waals surface area contributed by atoms with Crippen molar-refractivity contribution in [2.75, 3.05) is 18.5 Å². The van der Waals surface area contributed by atoms with Gasteiger partial charge in [0.2, 0.25) is 5.95 Å². The van der Waals surface area contributed by atoms with Crippen molar-refractivity contribution in [1.82, 2.24) is 9.55 Å². The average molecular weight is 211 g/mol. The van der Waals surface area contributed by atoms with E-state index < -0.39 is 5.97 Å². The topological polar surface area (TPSA) is 58.4 Å². The summed E-state index contributed by atoms with van der Waals surface area (Å²) >= 11 is 0. The Bertz CT molecular complexity index is 322. The summed E-state index contributed by atoms with van der Waals surface area (Å²) in [5, 5.41) is 8.52. The predicted molar refractivity (Wildman–Crippen MR) is 58.0 cm³/mol. The molecule has 0 aromatic carbocycles.